The van der Waals surface area contributed by atoms with Crippen LogP contribution in [0, 0.1) is 11.3 Å². The molecular formula is C14H20BrCl2N3O. The lowest BCUT2D eigenvalue weighted by atomic mass is 10.0. The molecule has 2 rings (SSSR count). The monoisotopic (exact) mass is 395 g/mol. The number of hydrogen-bond acceptors (Lipinski definition) is 4. The zero-order valence-electron chi connectivity index (χ0n) is 11.8. The Kier molecular flexibility index (Phi) is 10.0. The number of piperazine rings is 1. The van der Waals surface area contributed by atoms with Crippen LogP contribution in [0.25, 0.3) is 0 Å². The van der Waals surface area contributed by atoms with Crippen molar-refractivity contribution in [1.82, 2.24) is 10.2 Å². The fraction of sp³-hybridized carbons (Fsp3) is 0.500. The standard InChI is InChI=1S/C14H18BrN3O.2ClH/c1-19-11-2-3-13(15)12(10-11)14(4-5-16)18-8-6-17-7-9-18;;/h2-3,10,14,17H,4,6-9H2,1H3;2*1H/t14-;;/m1../s1. The molecule has 21 heavy (non-hydrogen) atoms. The lowest BCUT2D eigenvalue weighted by molar-refractivity contribution is 0.175. The molecule has 0 amide bonds. The lowest BCUT2D eigenvalue weighted by Gasteiger charge is -2.34. The van der Waals surface area contributed by atoms with Gasteiger partial charge in [-0.2, -0.15) is 5.26 Å². The molecule has 1 heterocycles. The van der Waals surface area contributed by atoms with Gasteiger partial charge in [-0.1, -0.05) is 15.9 Å². The molecule has 4 nitrogen and oxygen atoms in total. The topological polar surface area (TPSA) is 48.3 Å². The van der Waals surface area contributed by atoms with E-state index in [0.717, 1.165) is 42.0 Å². The summed E-state index contributed by atoms with van der Waals surface area (Å²) in [4.78, 5) is 2.36. The summed E-state index contributed by atoms with van der Waals surface area (Å²) >= 11 is 3.59. The summed E-state index contributed by atoms with van der Waals surface area (Å²) in [5.74, 6) is 0.830. The summed E-state index contributed by atoms with van der Waals surface area (Å²) in [5.41, 5.74) is 1.13. The van der Waals surface area contributed by atoms with Gasteiger partial charge in [0.15, 0.2) is 0 Å². The summed E-state index contributed by atoms with van der Waals surface area (Å²) in [6.07, 6.45) is 0.492. The second-order valence-corrected chi connectivity index (χ2v) is 5.41. The van der Waals surface area contributed by atoms with Crippen molar-refractivity contribution in [3.63, 3.8) is 0 Å². The second kappa shape index (κ2) is 10.3. The van der Waals surface area contributed by atoms with Gasteiger partial charge < -0.3 is 10.1 Å². The summed E-state index contributed by atoms with van der Waals surface area (Å²) in [5, 5.41) is 12.4. The number of ether oxygens (including phenoxy) is 1. The highest BCUT2D eigenvalue weighted by Crippen LogP contribution is 2.33. The Balaban J connectivity index is 0.00000200. The highest BCUT2D eigenvalue weighted by molar-refractivity contribution is 9.10. The third-order valence-corrected chi connectivity index (χ3v) is 4.16. The van der Waals surface area contributed by atoms with Crippen LogP contribution in [0.5, 0.6) is 5.75 Å². The molecule has 0 aromatic heterocycles. The lowest BCUT2D eigenvalue weighted by Crippen LogP contribution is -2.45. The van der Waals surface area contributed by atoms with Gasteiger partial charge in [0.2, 0.25) is 0 Å². The van der Waals surface area contributed by atoms with Crippen molar-refractivity contribution < 1.29 is 4.74 Å². The highest BCUT2D eigenvalue weighted by atomic mass is 79.9. The summed E-state index contributed by atoms with van der Waals surface area (Å²) in [7, 11) is 1.66. The van der Waals surface area contributed by atoms with Gasteiger partial charge in [0.05, 0.1) is 19.6 Å². The zero-order valence-corrected chi connectivity index (χ0v) is 15.1. The van der Waals surface area contributed by atoms with Gasteiger partial charge in [-0.05, 0) is 23.8 Å². The fourth-order valence-electron chi connectivity index (χ4n) is 2.42. The first-order valence-corrected chi connectivity index (χ1v) is 7.20. The first-order valence-electron chi connectivity index (χ1n) is 6.41. The number of methoxy groups -OCH3 is 1. The van der Waals surface area contributed by atoms with E-state index in [0.29, 0.717) is 6.42 Å². The highest BCUT2D eigenvalue weighted by Gasteiger charge is 2.24. The van der Waals surface area contributed by atoms with Gasteiger partial charge in [0.1, 0.15) is 5.75 Å². The zero-order chi connectivity index (χ0) is 13.7. The summed E-state index contributed by atoms with van der Waals surface area (Å²) in [6.45, 7) is 3.89. The molecular weight excluding hydrogens is 377 g/mol. The van der Waals surface area contributed by atoms with Crippen LogP contribution < -0.4 is 10.1 Å². The maximum Gasteiger partial charge on any atom is 0.119 e. The second-order valence-electron chi connectivity index (χ2n) is 4.55. The minimum atomic E-state index is 0. The molecule has 0 bridgehead atoms. The Morgan fingerprint density at radius 2 is 2.05 bits per heavy atom. The Bertz CT molecular complexity index is 476. The molecule has 0 aliphatic carbocycles. The average Bonchev–Trinajstić information content (AvgIpc) is 2.47. The molecule has 1 N–H and O–H groups in total. The molecule has 0 unspecified atom stereocenters. The number of hydrogen-bond donors (Lipinski definition) is 1. The molecule has 118 valence electrons. The Morgan fingerprint density at radius 1 is 1.38 bits per heavy atom. The van der Waals surface area contributed by atoms with Gasteiger partial charge in [0.25, 0.3) is 0 Å². The number of nitriles is 1. The van der Waals surface area contributed by atoms with Gasteiger partial charge in [-0.3, -0.25) is 4.90 Å². The predicted octanol–water partition coefficient (Wildman–Crippen LogP) is 3.16. The van der Waals surface area contributed by atoms with E-state index in [1.54, 1.807) is 7.11 Å². The minimum absolute atomic E-state index is 0. The van der Waals surface area contributed by atoms with Crippen molar-refractivity contribution in [2.45, 2.75) is 12.5 Å². The first-order chi connectivity index (χ1) is 9.26. The smallest absolute Gasteiger partial charge is 0.119 e. The molecule has 1 saturated heterocycles. The van der Waals surface area contributed by atoms with Crippen LogP contribution >= 0.6 is 40.7 Å². The van der Waals surface area contributed by atoms with Gasteiger partial charge >= 0.3 is 0 Å². The minimum Gasteiger partial charge on any atom is -0.497 e. The van der Waals surface area contributed by atoms with Crippen molar-refractivity contribution >= 4 is 40.7 Å². The van der Waals surface area contributed by atoms with E-state index < -0.39 is 0 Å². The Morgan fingerprint density at radius 3 is 2.62 bits per heavy atom. The van der Waals surface area contributed by atoms with Crippen LogP contribution in [-0.2, 0) is 0 Å². The number of halogens is 3. The average molecular weight is 397 g/mol. The van der Waals surface area contributed by atoms with Crippen LogP contribution in [0.3, 0.4) is 0 Å². The molecule has 1 fully saturated rings. The summed E-state index contributed by atoms with van der Waals surface area (Å²) in [6, 6.07) is 8.36. The molecule has 0 spiro atoms. The van der Waals surface area contributed by atoms with Crippen molar-refractivity contribution in [1.29, 1.82) is 5.26 Å². The molecule has 1 aliphatic heterocycles. The van der Waals surface area contributed by atoms with E-state index in [2.05, 4.69) is 32.2 Å². The van der Waals surface area contributed by atoms with Crippen LogP contribution in [0.2, 0.25) is 0 Å². The molecule has 0 saturated carbocycles. The van der Waals surface area contributed by atoms with Crippen molar-refractivity contribution in [2.24, 2.45) is 0 Å². The predicted molar refractivity (Wildman–Crippen MR) is 92.6 cm³/mol. The maximum absolute atomic E-state index is 9.11. The van der Waals surface area contributed by atoms with Gasteiger partial charge in [-0.25, -0.2) is 0 Å². The maximum atomic E-state index is 9.11. The number of nitrogens with one attached hydrogen (secondary N) is 1. The van der Waals surface area contributed by atoms with Crippen molar-refractivity contribution in [3.8, 4) is 11.8 Å². The van der Waals surface area contributed by atoms with Crippen LogP contribution in [0.4, 0.5) is 0 Å². The number of benzene rings is 1. The third kappa shape index (κ3) is 5.32. The third-order valence-electron chi connectivity index (χ3n) is 3.44. The summed E-state index contributed by atoms with van der Waals surface area (Å²) < 4.78 is 6.33. The van der Waals surface area contributed by atoms with E-state index in [1.165, 1.54) is 0 Å². The van der Waals surface area contributed by atoms with E-state index >= 15 is 0 Å². The SMILES string of the molecule is COc1ccc(Br)c([C@@H](CC#N)N2CCNCC2)c1.Cl.Cl. The normalized spacial score (nSPS) is 16.0. The fourth-order valence-corrected chi connectivity index (χ4v) is 2.93. The quantitative estimate of drug-likeness (QED) is 0.849. The van der Waals surface area contributed by atoms with Crippen molar-refractivity contribution in [2.75, 3.05) is 33.3 Å². The van der Waals surface area contributed by atoms with Crippen LogP contribution in [-0.4, -0.2) is 38.2 Å². The van der Waals surface area contributed by atoms with Crippen LogP contribution in [0.15, 0.2) is 22.7 Å². The van der Waals surface area contributed by atoms with Crippen molar-refractivity contribution in [3.05, 3.63) is 28.2 Å². The Hall–Kier alpha value is -0.510. The van der Waals surface area contributed by atoms with Crippen LogP contribution in [0.1, 0.15) is 18.0 Å². The first kappa shape index (κ1) is 20.5. The molecule has 0 radical (unpaired) electrons. The van der Waals surface area contributed by atoms with Gasteiger partial charge in [-0.15, -0.1) is 24.8 Å². The Labute approximate surface area is 146 Å². The van der Waals surface area contributed by atoms with E-state index in [1.807, 2.05) is 18.2 Å². The van der Waals surface area contributed by atoms with E-state index in [-0.39, 0.29) is 30.9 Å². The largest absolute Gasteiger partial charge is 0.497 e. The number of rotatable bonds is 4. The van der Waals surface area contributed by atoms with E-state index in [4.69, 9.17) is 10.00 Å². The molecule has 1 atom stereocenters. The molecule has 1 aromatic rings. The number of nitrogens with zero attached hydrogens (tertiary/aromatic N) is 2. The van der Waals surface area contributed by atoms with E-state index in [9.17, 15) is 0 Å². The molecule has 1 aromatic carbocycles. The molecule has 1 aliphatic rings. The van der Waals surface area contributed by atoms with Gasteiger partial charge in [0, 0.05) is 36.7 Å². The molecule has 7 heteroatoms.